The van der Waals surface area contributed by atoms with Crippen molar-refractivity contribution in [3.63, 3.8) is 0 Å². The normalized spacial score (nSPS) is 17.3. The molecule has 3 aromatic heterocycles. The number of pyridine rings is 1. The van der Waals surface area contributed by atoms with Crippen molar-refractivity contribution in [3.05, 3.63) is 36.2 Å². The second-order valence-corrected chi connectivity index (χ2v) is 7.42. The first-order valence-corrected chi connectivity index (χ1v) is 9.44. The van der Waals surface area contributed by atoms with Crippen molar-refractivity contribution in [2.45, 2.75) is 26.3 Å². The van der Waals surface area contributed by atoms with Crippen molar-refractivity contribution in [2.24, 2.45) is 5.92 Å². The molecule has 142 valence electrons. The first-order valence-electron chi connectivity index (χ1n) is 9.44. The maximum atomic E-state index is 13.3. The van der Waals surface area contributed by atoms with E-state index in [0.717, 1.165) is 31.4 Å². The number of carbonyl (C=O) groups is 1. The summed E-state index contributed by atoms with van der Waals surface area (Å²) in [5, 5.41) is 8.48. The Kier molecular flexibility index (Phi) is 4.70. The zero-order valence-corrected chi connectivity index (χ0v) is 16.0. The minimum atomic E-state index is 0.0390. The van der Waals surface area contributed by atoms with Gasteiger partial charge in [-0.1, -0.05) is 0 Å². The molecule has 4 rings (SSSR count). The first-order chi connectivity index (χ1) is 13.1. The van der Waals surface area contributed by atoms with Crippen molar-refractivity contribution >= 4 is 16.9 Å². The van der Waals surface area contributed by atoms with Crippen LogP contribution in [0.5, 0.6) is 0 Å². The number of carbonyl (C=O) groups excluding carboxylic acids is 1. The molecule has 27 heavy (non-hydrogen) atoms. The molecule has 1 fully saturated rings. The number of rotatable bonds is 5. The van der Waals surface area contributed by atoms with Crippen LogP contribution in [0.4, 0.5) is 0 Å². The molecule has 1 aliphatic heterocycles. The van der Waals surface area contributed by atoms with E-state index in [2.05, 4.69) is 24.3 Å². The van der Waals surface area contributed by atoms with Crippen molar-refractivity contribution < 1.29 is 9.21 Å². The summed E-state index contributed by atoms with van der Waals surface area (Å²) in [6, 6.07) is 5.67. The van der Waals surface area contributed by atoms with E-state index in [1.807, 2.05) is 34.8 Å². The quantitative estimate of drug-likeness (QED) is 0.750. The lowest BCUT2D eigenvalue weighted by Crippen LogP contribution is -2.30. The number of amides is 1. The van der Waals surface area contributed by atoms with Crippen molar-refractivity contribution in [1.82, 2.24) is 25.0 Å². The van der Waals surface area contributed by atoms with Crippen LogP contribution in [-0.4, -0.2) is 52.3 Å². The number of fused-ring (bicyclic) bond motifs is 1. The molecule has 1 N–H and O–H groups in total. The van der Waals surface area contributed by atoms with E-state index in [9.17, 15) is 4.79 Å². The Morgan fingerprint density at radius 2 is 2.30 bits per heavy atom. The second kappa shape index (κ2) is 7.15. The molecule has 7 heteroatoms. The van der Waals surface area contributed by atoms with E-state index in [-0.39, 0.29) is 11.9 Å². The Morgan fingerprint density at radius 3 is 3.00 bits per heavy atom. The lowest BCUT2D eigenvalue weighted by molar-refractivity contribution is 0.0789. The van der Waals surface area contributed by atoms with Crippen LogP contribution in [-0.2, 0) is 0 Å². The van der Waals surface area contributed by atoms with Crippen LogP contribution in [0.15, 0.2) is 35.1 Å². The van der Waals surface area contributed by atoms with Crippen LogP contribution in [0.25, 0.3) is 22.5 Å². The Morgan fingerprint density at radius 1 is 1.44 bits per heavy atom. The predicted octanol–water partition coefficient (Wildman–Crippen LogP) is 2.95. The van der Waals surface area contributed by atoms with Gasteiger partial charge in [0.05, 0.1) is 23.4 Å². The Hall–Kier alpha value is -2.67. The van der Waals surface area contributed by atoms with Gasteiger partial charge in [0.2, 0.25) is 0 Å². The van der Waals surface area contributed by atoms with Crippen molar-refractivity contribution in [1.29, 1.82) is 0 Å². The fourth-order valence-electron chi connectivity index (χ4n) is 3.77. The molecule has 0 aliphatic carbocycles. The largest absolute Gasteiger partial charge is 0.463 e. The third-order valence-corrected chi connectivity index (χ3v) is 5.13. The summed E-state index contributed by atoms with van der Waals surface area (Å²) in [7, 11) is 1.95. The highest BCUT2D eigenvalue weighted by molar-refractivity contribution is 6.06. The number of hydrogen-bond donors (Lipinski definition) is 1. The summed E-state index contributed by atoms with van der Waals surface area (Å²) in [5.74, 6) is 1.19. The van der Waals surface area contributed by atoms with Crippen molar-refractivity contribution in [3.8, 4) is 11.5 Å². The fraction of sp³-hybridized carbons (Fsp3) is 0.450. The van der Waals surface area contributed by atoms with Gasteiger partial charge in [0.25, 0.3) is 5.91 Å². The highest BCUT2D eigenvalue weighted by atomic mass is 16.3. The maximum Gasteiger partial charge on any atom is 0.254 e. The Labute approximate surface area is 158 Å². The number of hydrogen-bond acceptors (Lipinski definition) is 5. The third kappa shape index (κ3) is 3.23. The summed E-state index contributed by atoms with van der Waals surface area (Å²) in [6.07, 6.45) is 4.39. The van der Waals surface area contributed by atoms with Gasteiger partial charge in [-0.3, -0.25) is 4.79 Å². The van der Waals surface area contributed by atoms with Gasteiger partial charge in [0.15, 0.2) is 11.4 Å². The highest BCUT2D eigenvalue weighted by Gasteiger charge is 2.29. The van der Waals surface area contributed by atoms with Gasteiger partial charge in [-0.15, -0.1) is 0 Å². The SMILES string of the molecule is CNCC1CCN(C(=O)c2cc(-c3ccco3)nc3c2cnn3C(C)C)C1. The Balaban J connectivity index is 1.78. The molecule has 7 nitrogen and oxygen atoms in total. The molecule has 0 spiro atoms. The van der Waals surface area contributed by atoms with Crippen LogP contribution in [0, 0.1) is 5.92 Å². The average Bonchev–Trinajstić information content (AvgIpc) is 3.40. The van der Waals surface area contributed by atoms with Gasteiger partial charge in [-0.25, -0.2) is 9.67 Å². The van der Waals surface area contributed by atoms with Gasteiger partial charge in [0, 0.05) is 19.1 Å². The second-order valence-electron chi connectivity index (χ2n) is 7.42. The molecule has 1 amide bonds. The summed E-state index contributed by atoms with van der Waals surface area (Å²) < 4.78 is 7.38. The van der Waals surface area contributed by atoms with E-state index in [4.69, 9.17) is 9.40 Å². The summed E-state index contributed by atoms with van der Waals surface area (Å²) in [5.41, 5.74) is 2.01. The van der Waals surface area contributed by atoms with Crippen LogP contribution in [0.2, 0.25) is 0 Å². The molecular weight excluding hydrogens is 342 g/mol. The molecule has 0 radical (unpaired) electrons. The highest BCUT2D eigenvalue weighted by Crippen LogP contribution is 2.28. The van der Waals surface area contributed by atoms with Crippen LogP contribution < -0.4 is 5.32 Å². The zero-order valence-electron chi connectivity index (χ0n) is 16.0. The number of nitrogens with one attached hydrogen (secondary N) is 1. The maximum absolute atomic E-state index is 13.3. The van der Waals surface area contributed by atoms with E-state index in [0.29, 0.717) is 28.6 Å². The van der Waals surface area contributed by atoms with Crippen LogP contribution in [0.1, 0.15) is 36.7 Å². The standard InChI is InChI=1S/C20H25N5O2/c1-13(2)25-19-16(11-22-25)15(9-17(23-19)18-5-4-8-27-18)20(26)24-7-6-14(12-24)10-21-3/h4-5,8-9,11,13-14,21H,6-7,10,12H2,1-3H3. The number of likely N-dealkylation sites (tertiary alicyclic amines) is 1. The lowest BCUT2D eigenvalue weighted by Gasteiger charge is -2.18. The molecular formula is C20H25N5O2. The van der Waals surface area contributed by atoms with E-state index in [1.54, 1.807) is 12.5 Å². The van der Waals surface area contributed by atoms with Gasteiger partial charge in [-0.05, 0) is 58.0 Å². The minimum absolute atomic E-state index is 0.0390. The monoisotopic (exact) mass is 367 g/mol. The lowest BCUT2D eigenvalue weighted by atomic mass is 10.1. The zero-order chi connectivity index (χ0) is 19.0. The molecule has 1 saturated heterocycles. The van der Waals surface area contributed by atoms with Gasteiger partial charge >= 0.3 is 0 Å². The van der Waals surface area contributed by atoms with E-state index in [1.165, 1.54) is 0 Å². The number of nitrogens with zero attached hydrogens (tertiary/aromatic N) is 4. The molecule has 1 unspecified atom stereocenters. The third-order valence-electron chi connectivity index (χ3n) is 5.13. The van der Waals surface area contributed by atoms with Gasteiger partial charge in [-0.2, -0.15) is 5.10 Å². The molecule has 4 heterocycles. The average molecular weight is 367 g/mol. The van der Waals surface area contributed by atoms with Crippen LogP contribution >= 0.6 is 0 Å². The topological polar surface area (TPSA) is 76.2 Å². The smallest absolute Gasteiger partial charge is 0.254 e. The molecule has 1 atom stereocenters. The Bertz CT molecular complexity index is 945. The molecule has 0 aromatic carbocycles. The van der Waals surface area contributed by atoms with Crippen LogP contribution in [0.3, 0.4) is 0 Å². The summed E-state index contributed by atoms with van der Waals surface area (Å²) in [6.45, 7) is 6.59. The van der Waals surface area contributed by atoms with E-state index >= 15 is 0 Å². The number of furan rings is 1. The molecule has 1 aliphatic rings. The minimum Gasteiger partial charge on any atom is -0.463 e. The first kappa shape index (κ1) is 17.7. The van der Waals surface area contributed by atoms with Crippen molar-refractivity contribution in [2.75, 3.05) is 26.7 Å². The fourth-order valence-corrected chi connectivity index (χ4v) is 3.77. The summed E-state index contributed by atoms with van der Waals surface area (Å²) >= 11 is 0. The molecule has 3 aromatic rings. The predicted molar refractivity (Wildman–Crippen MR) is 104 cm³/mol. The molecule has 0 bridgehead atoms. The van der Waals surface area contributed by atoms with E-state index < -0.39 is 0 Å². The van der Waals surface area contributed by atoms with Gasteiger partial charge in [0.1, 0.15) is 5.69 Å². The summed E-state index contributed by atoms with van der Waals surface area (Å²) in [4.78, 5) is 20.0. The molecule has 0 saturated carbocycles. The van der Waals surface area contributed by atoms with Gasteiger partial charge < -0.3 is 14.6 Å². The number of aromatic nitrogens is 3.